The van der Waals surface area contributed by atoms with Gasteiger partial charge in [-0.3, -0.25) is 4.79 Å². The molecule has 8 heteroatoms. The number of aromatic nitrogens is 2. The highest BCUT2D eigenvalue weighted by Crippen LogP contribution is 2.31. The Balaban J connectivity index is 0.00000225. The molecule has 1 fully saturated rings. The zero-order valence-corrected chi connectivity index (χ0v) is 16.2. The lowest BCUT2D eigenvalue weighted by molar-refractivity contribution is 0.0700. The van der Waals surface area contributed by atoms with Crippen LogP contribution in [-0.4, -0.2) is 47.2 Å². The smallest absolute Gasteiger partial charge is 0.274 e. The van der Waals surface area contributed by atoms with Crippen LogP contribution in [0.4, 0.5) is 0 Å². The zero-order chi connectivity index (χ0) is 16.9. The fourth-order valence-corrected chi connectivity index (χ4v) is 3.67. The van der Waals surface area contributed by atoms with Crippen LogP contribution in [0.25, 0.3) is 0 Å². The van der Waals surface area contributed by atoms with E-state index in [0.29, 0.717) is 21.8 Å². The molecule has 3 rings (SSSR count). The number of halogens is 2. The van der Waals surface area contributed by atoms with Crippen molar-refractivity contribution in [1.29, 1.82) is 0 Å². The second-order valence-corrected chi connectivity index (χ2v) is 7.11. The Kier molecular flexibility index (Phi) is 7.50. The number of carbonyl (C=O) groups is 1. The van der Waals surface area contributed by atoms with Gasteiger partial charge in [0.25, 0.3) is 5.91 Å². The van der Waals surface area contributed by atoms with Gasteiger partial charge in [0.05, 0.1) is 5.02 Å². The maximum Gasteiger partial charge on any atom is 0.274 e. The van der Waals surface area contributed by atoms with Gasteiger partial charge in [-0.1, -0.05) is 35.5 Å². The Bertz CT molecular complexity index is 706. The third-order valence-electron chi connectivity index (χ3n) is 4.10. The summed E-state index contributed by atoms with van der Waals surface area (Å²) in [5.41, 5.74) is 0.390. The number of nitrogens with zero attached hydrogens (tertiary/aromatic N) is 3. The summed E-state index contributed by atoms with van der Waals surface area (Å²) in [7, 11) is 1.96. The van der Waals surface area contributed by atoms with E-state index in [2.05, 4.69) is 15.5 Å². The first-order valence-corrected chi connectivity index (χ1v) is 9.09. The minimum atomic E-state index is -0.0497. The summed E-state index contributed by atoms with van der Waals surface area (Å²) < 4.78 is 0. The van der Waals surface area contributed by atoms with Gasteiger partial charge in [0.2, 0.25) is 0 Å². The van der Waals surface area contributed by atoms with Crippen molar-refractivity contribution in [2.45, 2.75) is 28.8 Å². The number of hydrogen-bond acceptors (Lipinski definition) is 5. The van der Waals surface area contributed by atoms with E-state index in [1.54, 1.807) is 6.07 Å². The number of benzene rings is 1. The van der Waals surface area contributed by atoms with Crippen molar-refractivity contribution in [2.75, 3.05) is 20.1 Å². The van der Waals surface area contributed by atoms with Gasteiger partial charge in [-0.2, -0.15) is 0 Å². The van der Waals surface area contributed by atoms with Crippen molar-refractivity contribution < 1.29 is 4.79 Å². The Morgan fingerprint density at radius 1 is 1.20 bits per heavy atom. The molecule has 1 aromatic heterocycles. The number of carbonyl (C=O) groups excluding carboxylic acids is 1. The van der Waals surface area contributed by atoms with Crippen molar-refractivity contribution >= 4 is 41.7 Å². The number of likely N-dealkylation sites (tertiary alicyclic amines) is 1. The topological polar surface area (TPSA) is 58.1 Å². The van der Waals surface area contributed by atoms with Crippen LogP contribution >= 0.6 is 35.8 Å². The minimum Gasteiger partial charge on any atom is -0.337 e. The number of hydrogen-bond donors (Lipinski definition) is 1. The average Bonchev–Trinajstić information content (AvgIpc) is 2.64. The zero-order valence-electron chi connectivity index (χ0n) is 13.8. The van der Waals surface area contributed by atoms with Gasteiger partial charge in [0.15, 0.2) is 5.69 Å². The van der Waals surface area contributed by atoms with Crippen molar-refractivity contribution in [3.63, 3.8) is 0 Å². The van der Waals surface area contributed by atoms with E-state index < -0.39 is 0 Å². The molecule has 0 atom stereocenters. The minimum absolute atomic E-state index is 0. The van der Waals surface area contributed by atoms with E-state index in [4.69, 9.17) is 11.6 Å². The Labute approximate surface area is 162 Å². The van der Waals surface area contributed by atoms with Gasteiger partial charge >= 0.3 is 0 Å². The van der Waals surface area contributed by atoms with Gasteiger partial charge in [-0.15, -0.1) is 22.6 Å². The summed E-state index contributed by atoms with van der Waals surface area (Å²) in [6.07, 6.45) is 1.94. The van der Waals surface area contributed by atoms with Crippen LogP contribution in [0.3, 0.4) is 0 Å². The second-order valence-electron chi connectivity index (χ2n) is 5.64. The van der Waals surface area contributed by atoms with Crippen molar-refractivity contribution in [2.24, 2.45) is 0 Å². The molecule has 0 radical (unpaired) electrons. The molecule has 1 saturated heterocycles. The monoisotopic (exact) mass is 398 g/mol. The summed E-state index contributed by atoms with van der Waals surface area (Å²) in [4.78, 5) is 15.3. The molecule has 0 bridgehead atoms. The lowest BCUT2D eigenvalue weighted by Gasteiger charge is -2.31. The summed E-state index contributed by atoms with van der Waals surface area (Å²) in [5.74, 6) is -0.0497. The van der Waals surface area contributed by atoms with Crippen LogP contribution in [0.2, 0.25) is 5.02 Å². The molecular weight excluding hydrogens is 379 g/mol. The maximum atomic E-state index is 12.5. The molecule has 1 aliphatic rings. The van der Waals surface area contributed by atoms with E-state index >= 15 is 0 Å². The van der Waals surface area contributed by atoms with Crippen LogP contribution < -0.4 is 5.32 Å². The molecule has 1 amide bonds. The van der Waals surface area contributed by atoms with Crippen LogP contribution in [0.15, 0.2) is 46.3 Å². The Morgan fingerprint density at radius 3 is 2.52 bits per heavy atom. The molecule has 2 aromatic rings. The Hall–Kier alpha value is -1.34. The SMILES string of the molecule is CNC1CCN(C(=O)c2ccc(Sc3ccccc3Cl)nn2)CC1.Cl. The van der Waals surface area contributed by atoms with E-state index in [1.807, 2.05) is 42.3 Å². The maximum absolute atomic E-state index is 12.5. The normalized spacial score (nSPS) is 14.9. The van der Waals surface area contributed by atoms with Gasteiger partial charge in [-0.25, -0.2) is 0 Å². The molecule has 0 aliphatic carbocycles. The fraction of sp³-hybridized carbons (Fsp3) is 0.353. The van der Waals surface area contributed by atoms with Gasteiger partial charge in [0.1, 0.15) is 5.03 Å². The van der Waals surface area contributed by atoms with Crippen LogP contribution in [0.1, 0.15) is 23.3 Å². The predicted molar refractivity (Wildman–Crippen MR) is 103 cm³/mol. The predicted octanol–water partition coefficient (Wildman–Crippen LogP) is 3.53. The third kappa shape index (κ3) is 5.07. The molecule has 2 heterocycles. The van der Waals surface area contributed by atoms with Gasteiger partial charge in [0, 0.05) is 24.0 Å². The molecule has 0 unspecified atom stereocenters. The first kappa shape index (κ1) is 20.0. The molecule has 1 aromatic carbocycles. The standard InChI is InChI=1S/C17H19ClN4OS.ClH/c1-19-12-8-10-22(11-9-12)17(23)14-6-7-16(21-20-14)24-15-5-3-2-4-13(15)18;/h2-7,12,19H,8-11H2,1H3;1H. The Morgan fingerprint density at radius 2 is 1.92 bits per heavy atom. The molecular formula is C17H20Cl2N4OS. The molecule has 25 heavy (non-hydrogen) atoms. The lowest BCUT2D eigenvalue weighted by atomic mass is 10.1. The first-order valence-electron chi connectivity index (χ1n) is 7.90. The molecule has 134 valence electrons. The third-order valence-corrected chi connectivity index (χ3v) is 5.55. The lowest BCUT2D eigenvalue weighted by Crippen LogP contribution is -2.44. The van der Waals surface area contributed by atoms with Crippen molar-refractivity contribution in [1.82, 2.24) is 20.4 Å². The highest BCUT2D eigenvalue weighted by molar-refractivity contribution is 7.99. The van der Waals surface area contributed by atoms with Crippen molar-refractivity contribution in [3.8, 4) is 0 Å². The van der Waals surface area contributed by atoms with Crippen LogP contribution in [0.5, 0.6) is 0 Å². The summed E-state index contributed by atoms with van der Waals surface area (Å²) >= 11 is 7.58. The van der Waals surface area contributed by atoms with E-state index in [-0.39, 0.29) is 18.3 Å². The van der Waals surface area contributed by atoms with Crippen LogP contribution in [0, 0.1) is 0 Å². The van der Waals surface area contributed by atoms with Gasteiger partial charge in [-0.05, 0) is 44.2 Å². The largest absolute Gasteiger partial charge is 0.337 e. The highest BCUT2D eigenvalue weighted by Gasteiger charge is 2.23. The summed E-state index contributed by atoms with van der Waals surface area (Å²) in [6, 6.07) is 11.6. The van der Waals surface area contributed by atoms with Gasteiger partial charge < -0.3 is 10.2 Å². The molecule has 1 N–H and O–H groups in total. The fourth-order valence-electron chi connectivity index (χ4n) is 2.66. The average molecular weight is 399 g/mol. The number of piperidine rings is 1. The van der Waals surface area contributed by atoms with E-state index in [0.717, 1.165) is 30.8 Å². The van der Waals surface area contributed by atoms with Crippen LogP contribution in [-0.2, 0) is 0 Å². The highest BCUT2D eigenvalue weighted by atomic mass is 35.5. The van der Waals surface area contributed by atoms with Crippen molar-refractivity contribution in [3.05, 3.63) is 47.1 Å². The second kappa shape index (κ2) is 9.38. The van der Waals surface area contributed by atoms with E-state index in [1.165, 1.54) is 11.8 Å². The number of amides is 1. The molecule has 1 aliphatic heterocycles. The molecule has 0 saturated carbocycles. The quantitative estimate of drug-likeness (QED) is 0.853. The first-order chi connectivity index (χ1) is 11.7. The summed E-state index contributed by atoms with van der Waals surface area (Å²) in [6.45, 7) is 1.50. The summed E-state index contributed by atoms with van der Waals surface area (Å²) in [5, 5.41) is 12.9. The number of rotatable bonds is 4. The number of nitrogens with one attached hydrogen (secondary N) is 1. The van der Waals surface area contributed by atoms with E-state index in [9.17, 15) is 4.79 Å². The molecule has 0 spiro atoms. The molecule has 5 nitrogen and oxygen atoms in total.